The predicted octanol–water partition coefficient (Wildman–Crippen LogP) is 1.51. The van der Waals surface area contributed by atoms with E-state index in [2.05, 4.69) is 45.0 Å². The molecule has 1 aromatic rings. The van der Waals surface area contributed by atoms with Crippen molar-refractivity contribution in [3.05, 3.63) is 29.8 Å². The van der Waals surface area contributed by atoms with Crippen molar-refractivity contribution in [1.29, 1.82) is 0 Å². The molecule has 0 radical (unpaired) electrons. The summed E-state index contributed by atoms with van der Waals surface area (Å²) in [5, 5.41) is 0. The van der Waals surface area contributed by atoms with Crippen molar-refractivity contribution < 1.29 is 0 Å². The van der Waals surface area contributed by atoms with E-state index in [0.29, 0.717) is 5.41 Å². The first-order valence-electron chi connectivity index (χ1n) is 3.79. The molecule has 0 fully saturated rings. The van der Waals surface area contributed by atoms with Gasteiger partial charge in [0, 0.05) is 0 Å². The van der Waals surface area contributed by atoms with Crippen LogP contribution in [0.25, 0.3) is 0 Å². The average Bonchev–Trinajstić information content (AvgIpc) is 1.86. The van der Waals surface area contributed by atoms with Crippen LogP contribution in [0, 0.1) is 0 Å². The second-order valence-corrected chi connectivity index (χ2v) is 5.27. The van der Waals surface area contributed by atoms with Crippen molar-refractivity contribution in [2.75, 3.05) is 0 Å². The molecule has 0 spiro atoms. The summed E-state index contributed by atoms with van der Waals surface area (Å²) in [6.07, 6.45) is 0. The van der Waals surface area contributed by atoms with Crippen LogP contribution < -0.4 is 3.61 Å². The van der Waals surface area contributed by atoms with Crippen LogP contribution in [-0.2, 0) is 5.41 Å². The van der Waals surface area contributed by atoms with Gasteiger partial charge in [-0.15, -0.1) is 0 Å². The Bertz CT molecular complexity index is 228. The molecule has 0 aliphatic carbocycles. The Balaban J connectivity index is 2.99. The number of benzene rings is 1. The first-order chi connectivity index (χ1) is 5.00. The Kier molecular flexibility index (Phi) is 2.62. The molecule has 0 saturated heterocycles. The van der Waals surface area contributed by atoms with Gasteiger partial charge in [0.1, 0.15) is 0 Å². The summed E-state index contributed by atoms with van der Waals surface area (Å²) in [6, 6.07) is 8.81. The fourth-order valence-electron chi connectivity index (χ4n) is 0.961. The van der Waals surface area contributed by atoms with Crippen molar-refractivity contribution in [2.45, 2.75) is 26.2 Å². The quantitative estimate of drug-likeness (QED) is 0.621. The fourth-order valence-corrected chi connectivity index (χ4v) is 1.39. The van der Waals surface area contributed by atoms with E-state index in [0.717, 1.165) is 0 Å². The van der Waals surface area contributed by atoms with Gasteiger partial charge in [0.15, 0.2) is 0 Å². The van der Waals surface area contributed by atoms with Gasteiger partial charge < -0.3 is 0 Å². The summed E-state index contributed by atoms with van der Waals surface area (Å²) in [4.78, 5) is 0. The zero-order valence-corrected chi connectivity index (χ0v) is 9.81. The van der Waals surface area contributed by atoms with Crippen LogP contribution in [0.2, 0.25) is 0 Å². The fraction of sp³-hybridized carbons (Fsp3) is 0.400. The molecule has 11 heavy (non-hydrogen) atoms. The summed E-state index contributed by atoms with van der Waals surface area (Å²) in [6.45, 7) is 6.71. The van der Waals surface area contributed by atoms with Gasteiger partial charge in [-0.1, -0.05) is 0 Å². The second-order valence-electron chi connectivity index (χ2n) is 3.80. The van der Waals surface area contributed by atoms with Gasteiger partial charge in [-0.25, -0.2) is 0 Å². The molecule has 1 heteroatoms. The average molecular weight is 262 g/mol. The Labute approximate surface area is 81.9 Å². The van der Waals surface area contributed by atoms with Crippen molar-refractivity contribution in [1.82, 2.24) is 0 Å². The topological polar surface area (TPSA) is 0 Å². The van der Waals surface area contributed by atoms with Crippen LogP contribution in [0.15, 0.2) is 24.3 Å². The molecule has 0 heterocycles. The van der Waals surface area contributed by atoms with Gasteiger partial charge in [-0.2, -0.15) is 0 Å². The maximum atomic E-state index is 2.24. The van der Waals surface area contributed by atoms with Crippen molar-refractivity contribution in [3.8, 4) is 0 Å². The van der Waals surface area contributed by atoms with E-state index in [-0.39, 0.29) is 0 Å². The van der Waals surface area contributed by atoms with Gasteiger partial charge in [0.05, 0.1) is 0 Å². The molecule has 0 saturated carbocycles. The number of hydrogen-bond acceptors (Lipinski definition) is 0. The first-order valence-corrected chi connectivity index (χ1v) is 5.07. The Morgan fingerprint density at radius 1 is 1.00 bits per heavy atom. The molecule has 0 nitrogen and oxygen atoms in total. The van der Waals surface area contributed by atoms with Crippen molar-refractivity contribution in [3.63, 3.8) is 0 Å². The van der Waals surface area contributed by atoms with Crippen LogP contribution in [0.5, 0.6) is 0 Å². The molecule has 0 amide bonds. The van der Waals surface area contributed by atoms with E-state index in [1.165, 1.54) is 9.17 Å². The summed E-state index contributed by atoms with van der Waals surface area (Å²) in [7, 11) is 0. The monoisotopic (exact) mass is 264 g/mol. The molecule has 0 aliphatic rings. The van der Waals surface area contributed by atoms with Gasteiger partial charge in [-0.05, 0) is 0 Å². The Morgan fingerprint density at radius 2 is 1.45 bits per heavy atom. The minimum atomic E-state index is 0.291. The van der Waals surface area contributed by atoms with Crippen molar-refractivity contribution >= 4 is 25.9 Å². The second kappa shape index (κ2) is 3.17. The van der Waals surface area contributed by atoms with Gasteiger partial charge in [0.25, 0.3) is 0 Å². The third kappa shape index (κ3) is 2.51. The van der Waals surface area contributed by atoms with E-state index in [4.69, 9.17) is 0 Å². The number of rotatable bonds is 0. The summed E-state index contributed by atoms with van der Waals surface area (Å²) >= 11 is 1.77. The van der Waals surface area contributed by atoms with Crippen LogP contribution in [0.4, 0.5) is 0 Å². The zero-order valence-electron chi connectivity index (χ0n) is 7.26. The summed E-state index contributed by atoms with van der Waals surface area (Å²) in [5.41, 5.74) is 1.70. The minimum absolute atomic E-state index is 0.291. The van der Waals surface area contributed by atoms with E-state index < -0.39 is 0 Å². The molecule has 60 valence electrons. The molecule has 0 aliphatic heterocycles. The molecule has 1 aromatic carbocycles. The van der Waals surface area contributed by atoms with E-state index >= 15 is 0 Å². The predicted molar refractivity (Wildman–Crippen MR) is 51.9 cm³/mol. The normalized spacial score (nSPS) is 11.6. The SMILES string of the molecule is CC(C)(C)c1ccc([TeH])cc1. The van der Waals surface area contributed by atoms with E-state index in [1.54, 1.807) is 22.3 Å². The molecule has 1 rings (SSSR count). The van der Waals surface area contributed by atoms with Gasteiger partial charge in [-0.3, -0.25) is 0 Å². The van der Waals surface area contributed by atoms with E-state index in [9.17, 15) is 0 Å². The molecule has 0 unspecified atom stereocenters. The third-order valence-corrected chi connectivity index (χ3v) is 2.58. The Morgan fingerprint density at radius 3 is 1.82 bits per heavy atom. The molecular weight excluding hydrogens is 248 g/mol. The molecule has 0 N–H and O–H groups in total. The molecule has 0 aromatic heterocycles. The zero-order chi connectivity index (χ0) is 8.48. The van der Waals surface area contributed by atoms with Crippen LogP contribution >= 0.6 is 0 Å². The summed E-state index contributed by atoms with van der Waals surface area (Å²) in [5.74, 6) is 0. The van der Waals surface area contributed by atoms with Gasteiger partial charge >= 0.3 is 81.9 Å². The van der Waals surface area contributed by atoms with Crippen LogP contribution in [0.1, 0.15) is 26.3 Å². The molecular formula is C10H14Te. The van der Waals surface area contributed by atoms with E-state index in [1.807, 2.05) is 0 Å². The van der Waals surface area contributed by atoms with Gasteiger partial charge in [0.2, 0.25) is 0 Å². The Hall–Kier alpha value is 0.00961. The van der Waals surface area contributed by atoms with Crippen LogP contribution in [0.3, 0.4) is 0 Å². The van der Waals surface area contributed by atoms with Crippen molar-refractivity contribution in [2.24, 2.45) is 0 Å². The standard InChI is InChI=1S/C10H14Te/c1-10(2,3)8-4-6-9(11)7-5-8/h4-7,11H,1-3H3. The maximum absolute atomic E-state index is 2.24. The summed E-state index contributed by atoms with van der Waals surface area (Å²) < 4.78 is 1.38. The first kappa shape index (κ1) is 9.10. The number of hydrogen-bond donors (Lipinski definition) is 0. The molecule has 0 atom stereocenters. The molecule has 0 bridgehead atoms. The third-order valence-electron chi connectivity index (χ3n) is 1.73. The van der Waals surface area contributed by atoms with Crippen LogP contribution in [-0.4, -0.2) is 22.3 Å².